The first-order chi connectivity index (χ1) is 34.8. The minimum absolute atomic E-state index is 1.22. The average Bonchev–Trinajstić information content (AvgIpc) is 3.94. The lowest BCUT2D eigenvalue weighted by atomic mass is 9.81. The fraction of sp³-hybridized carbons (Fsp3) is 0. The van der Waals surface area contributed by atoms with Crippen molar-refractivity contribution in [3.8, 4) is 100 Å². The molecule has 0 N–H and O–H groups in total. The Balaban J connectivity index is 1.04. The predicted octanol–water partition coefficient (Wildman–Crippen LogP) is 19.7. The molecule has 0 unspecified atom stereocenters. The van der Waals surface area contributed by atoms with Crippen LogP contribution in [0.15, 0.2) is 243 Å². The number of fused-ring (bicyclic) bond motifs is 8. The van der Waals surface area contributed by atoms with Crippen molar-refractivity contribution in [1.82, 2.24) is 0 Å². The van der Waals surface area contributed by atoms with E-state index in [1.54, 1.807) is 0 Å². The molecule has 14 aromatic rings. The molecule has 320 valence electrons. The van der Waals surface area contributed by atoms with Gasteiger partial charge in [-0.25, -0.2) is 0 Å². The van der Waals surface area contributed by atoms with Crippen LogP contribution in [0, 0.1) is 0 Å². The highest BCUT2D eigenvalue weighted by atomic mass is 14.4. The molecule has 0 nitrogen and oxygen atoms in total. The van der Waals surface area contributed by atoms with Crippen molar-refractivity contribution in [2.24, 2.45) is 0 Å². The summed E-state index contributed by atoms with van der Waals surface area (Å²) in [5.74, 6) is 0. The van der Waals surface area contributed by atoms with Crippen LogP contribution in [0.4, 0.5) is 0 Å². The van der Waals surface area contributed by atoms with Gasteiger partial charge >= 0.3 is 0 Å². The SMILES string of the molecule is c1ccc(-c2c3c(c(-c4ccccc4)c4ccccc24)-c2ccc4c5c(ccc-3c25)-c2c-4c(-c3ccccc3)c3cc(-c4ccc5ccc6cccc7ccc4c5c67)ccc3c2-c2ccccc2)cc1. The fourth-order valence-electron chi connectivity index (χ4n) is 13.1. The van der Waals surface area contributed by atoms with Gasteiger partial charge in [0.05, 0.1) is 0 Å². The summed E-state index contributed by atoms with van der Waals surface area (Å²) >= 11 is 0. The van der Waals surface area contributed by atoms with E-state index in [1.165, 1.54) is 165 Å². The van der Waals surface area contributed by atoms with E-state index in [2.05, 4.69) is 243 Å². The minimum Gasteiger partial charge on any atom is -0.0622 e. The summed E-state index contributed by atoms with van der Waals surface area (Å²) < 4.78 is 0. The number of hydrogen-bond donors (Lipinski definition) is 0. The van der Waals surface area contributed by atoms with E-state index in [0.29, 0.717) is 0 Å². The van der Waals surface area contributed by atoms with Crippen molar-refractivity contribution in [2.75, 3.05) is 0 Å². The molecule has 0 spiro atoms. The Labute approximate surface area is 405 Å². The largest absolute Gasteiger partial charge is 0.0622 e. The summed E-state index contributed by atoms with van der Waals surface area (Å²) in [6.07, 6.45) is 0. The first kappa shape index (κ1) is 37.9. The van der Waals surface area contributed by atoms with E-state index in [9.17, 15) is 0 Å². The van der Waals surface area contributed by atoms with Gasteiger partial charge in [0.15, 0.2) is 0 Å². The Bertz CT molecular complexity index is 4420. The van der Waals surface area contributed by atoms with Crippen molar-refractivity contribution in [3.63, 3.8) is 0 Å². The Morgan fingerprint density at radius 3 is 0.957 bits per heavy atom. The third kappa shape index (κ3) is 5.04. The molecule has 0 aromatic heterocycles. The van der Waals surface area contributed by atoms with Gasteiger partial charge in [-0.1, -0.05) is 237 Å². The smallest absolute Gasteiger partial charge is 0.000740 e. The summed E-state index contributed by atoms with van der Waals surface area (Å²) in [6, 6.07) is 91.3. The second-order valence-corrected chi connectivity index (χ2v) is 19.3. The van der Waals surface area contributed by atoms with Gasteiger partial charge in [0.2, 0.25) is 0 Å². The normalized spacial score (nSPS) is 12.3. The van der Waals surface area contributed by atoms with Crippen LogP contribution in [0.3, 0.4) is 0 Å². The van der Waals surface area contributed by atoms with E-state index in [4.69, 9.17) is 0 Å². The van der Waals surface area contributed by atoms with Gasteiger partial charge in [-0.05, 0) is 171 Å². The number of benzene rings is 14. The molecule has 0 fully saturated rings. The lowest BCUT2D eigenvalue weighted by Gasteiger charge is -2.22. The van der Waals surface area contributed by atoms with Crippen LogP contribution < -0.4 is 0 Å². The third-order valence-corrected chi connectivity index (χ3v) is 15.9. The highest BCUT2D eigenvalue weighted by Gasteiger charge is 2.37. The Morgan fingerprint density at radius 1 is 0.157 bits per heavy atom. The van der Waals surface area contributed by atoms with Gasteiger partial charge in [0.1, 0.15) is 0 Å². The van der Waals surface area contributed by atoms with Gasteiger partial charge in [-0.2, -0.15) is 0 Å². The van der Waals surface area contributed by atoms with E-state index in [1.807, 2.05) is 0 Å². The standard InChI is InChI=1S/C70H40/c1-5-16-41(17-6-1)61-50-26-13-14-27-51(50)62(42-18-7-2-8-19-42)68-55-38-39-57-66-56(37-36-54(65(55)66)67(61)68)69-63(43-20-9-3-10-21-43)53-35-32-48(40-58(53)64(70(57)69)44-22-11-4-12-23-44)49-33-30-47-29-28-45-24-15-25-46-31-34-52(49)60(47)59(45)46/h1-40H. The van der Waals surface area contributed by atoms with Crippen LogP contribution in [0.5, 0.6) is 0 Å². The topological polar surface area (TPSA) is 0 Å². The van der Waals surface area contributed by atoms with Crippen molar-refractivity contribution < 1.29 is 0 Å². The molecule has 0 atom stereocenters. The fourth-order valence-corrected chi connectivity index (χ4v) is 13.1. The maximum Gasteiger partial charge on any atom is -0.000740 e. The summed E-state index contributed by atoms with van der Waals surface area (Å²) in [5.41, 5.74) is 23.1. The van der Waals surface area contributed by atoms with Gasteiger partial charge in [0, 0.05) is 0 Å². The van der Waals surface area contributed by atoms with Crippen molar-refractivity contribution in [2.45, 2.75) is 0 Å². The van der Waals surface area contributed by atoms with E-state index < -0.39 is 0 Å². The highest BCUT2D eigenvalue weighted by Crippen LogP contribution is 2.64. The van der Waals surface area contributed by atoms with Crippen LogP contribution in [-0.4, -0.2) is 0 Å². The molecular formula is C70H40. The van der Waals surface area contributed by atoms with E-state index in [-0.39, 0.29) is 0 Å². The molecule has 0 amide bonds. The van der Waals surface area contributed by atoms with E-state index in [0.717, 1.165) is 0 Å². The molecule has 0 bridgehead atoms. The summed E-state index contributed by atoms with van der Waals surface area (Å²) in [4.78, 5) is 0. The maximum atomic E-state index is 2.51. The summed E-state index contributed by atoms with van der Waals surface area (Å²) in [7, 11) is 0. The third-order valence-electron chi connectivity index (χ3n) is 15.9. The van der Waals surface area contributed by atoms with Crippen LogP contribution >= 0.6 is 0 Å². The molecule has 16 rings (SSSR count). The maximum absolute atomic E-state index is 2.51. The van der Waals surface area contributed by atoms with Crippen molar-refractivity contribution in [1.29, 1.82) is 0 Å². The lowest BCUT2D eigenvalue weighted by molar-refractivity contribution is 1.61. The Morgan fingerprint density at radius 2 is 0.500 bits per heavy atom. The monoisotopic (exact) mass is 880 g/mol. The zero-order valence-corrected chi connectivity index (χ0v) is 38.1. The highest BCUT2D eigenvalue weighted by molar-refractivity contribution is 6.36. The van der Waals surface area contributed by atoms with Crippen molar-refractivity contribution in [3.05, 3.63) is 243 Å². The molecule has 70 heavy (non-hydrogen) atoms. The molecule has 0 saturated heterocycles. The molecule has 0 saturated carbocycles. The molecule has 0 aliphatic heterocycles. The second-order valence-electron chi connectivity index (χ2n) is 19.3. The number of hydrogen-bond acceptors (Lipinski definition) is 0. The Hall–Kier alpha value is -9.10. The van der Waals surface area contributed by atoms with Gasteiger partial charge in [-0.3, -0.25) is 0 Å². The lowest BCUT2D eigenvalue weighted by Crippen LogP contribution is -1.95. The van der Waals surface area contributed by atoms with Crippen molar-refractivity contribution >= 4 is 64.6 Å². The predicted molar refractivity (Wildman–Crippen MR) is 299 cm³/mol. The molecule has 2 aliphatic rings. The molecule has 0 heteroatoms. The van der Waals surface area contributed by atoms with Crippen LogP contribution in [0.1, 0.15) is 0 Å². The Kier molecular flexibility index (Phi) is 7.70. The van der Waals surface area contributed by atoms with Crippen LogP contribution in [0.2, 0.25) is 0 Å². The molecule has 2 aliphatic carbocycles. The average molecular weight is 881 g/mol. The van der Waals surface area contributed by atoms with Gasteiger partial charge in [0.25, 0.3) is 0 Å². The first-order valence-corrected chi connectivity index (χ1v) is 24.5. The zero-order valence-electron chi connectivity index (χ0n) is 38.1. The van der Waals surface area contributed by atoms with Gasteiger partial charge < -0.3 is 0 Å². The second kappa shape index (κ2) is 14.2. The number of rotatable bonds is 5. The molecular weight excluding hydrogens is 841 g/mol. The quantitative estimate of drug-likeness (QED) is 0.151. The molecule has 0 heterocycles. The van der Waals surface area contributed by atoms with Crippen LogP contribution in [0.25, 0.3) is 165 Å². The minimum atomic E-state index is 1.22. The first-order valence-electron chi connectivity index (χ1n) is 24.5. The molecule has 14 aromatic carbocycles. The van der Waals surface area contributed by atoms with Crippen LogP contribution in [-0.2, 0) is 0 Å². The zero-order chi connectivity index (χ0) is 45.6. The van der Waals surface area contributed by atoms with E-state index >= 15 is 0 Å². The summed E-state index contributed by atoms with van der Waals surface area (Å²) in [5, 5.41) is 15.6. The van der Waals surface area contributed by atoms with Gasteiger partial charge in [-0.15, -0.1) is 0 Å². The molecule has 0 radical (unpaired) electrons. The summed E-state index contributed by atoms with van der Waals surface area (Å²) in [6.45, 7) is 0.